The summed E-state index contributed by atoms with van der Waals surface area (Å²) in [6, 6.07) is 9.25. The lowest BCUT2D eigenvalue weighted by Crippen LogP contribution is -2.31. The van der Waals surface area contributed by atoms with Gasteiger partial charge >= 0.3 is 0 Å². The molecule has 0 aliphatic rings. The summed E-state index contributed by atoms with van der Waals surface area (Å²) in [7, 11) is 4.82. The van der Waals surface area contributed by atoms with Gasteiger partial charge in [0.2, 0.25) is 5.91 Å². The number of aliphatic hydroxyl groups is 1. The van der Waals surface area contributed by atoms with Gasteiger partial charge in [-0.15, -0.1) is 11.3 Å². The van der Waals surface area contributed by atoms with Gasteiger partial charge in [-0.1, -0.05) is 12.1 Å². The van der Waals surface area contributed by atoms with Crippen LogP contribution in [0.3, 0.4) is 0 Å². The fraction of sp³-hybridized carbons (Fsp3) is 0.389. The van der Waals surface area contributed by atoms with Crippen LogP contribution in [0, 0.1) is 0 Å². The molecule has 1 atom stereocenters. The molecule has 1 aromatic carbocycles. The smallest absolute Gasteiger partial charge is 0.222 e. The van der Waals surface area contributed by atoms with Gasteiger partial charge in [0, 0.05) is 18.3 Å². The van der Waals surface area contributed by atoms with Crippen molar-refractivity contribution >= 4 is 17.2 Å². The fourth-order valence-electron chi connectivity index (χ4n) is 2.40. The third-order valence-corrected chi connectivity index (χ3v) is 4.77. The quantitative estimate of drug-likeness (QED) is 0.796. The molecule has 0 spiro atoms. The van der Waals surface area contributed by atoms with E-state index in [-0.39, 0.29) is 12.5 Å². The van der Waals surface area contributed by atoms with Crippen molar-refractivity contribution in [3.05, 3.63) is 46.2 Å². The van der Waals surface area contributed by atoms with Crippen molar-refractivity contribution in [2.24, 2.45) is 0 Å². The molecule has 0 radical (unpaired) electrons. The van der Waals surface area contributed by atoms with Crippen LogP contribution in [-0.4, -0.2) is 43.7 Å². The zero-order chi connectivity index (χ0) is 17.5. The first-order chi connectivity index (χ1) is 11.5. The topological polar surface area (TPSA) is 59.0 Å². The SMILES string of the molecule is COc1ccc(C(O)CN(C)C(=O)CCc2cccs2)cc1OC. The molecule has 0 bridgehead atoms. The molecule has 0 saturated heterocycles. The number of carbonyl (C=O) groups excluding carboxylic acids is 1. The van der Waals surface area contributed by atoms with E-state index in [1.54, 1.807) is 55.7 Å². The second-order valence-corrected chi connectivity index (χ2v) is 6.52. The van der Waals surface area contributed by atoms with Crippen LogP contribution in [-0.2, 0) is 11.2 Å². The molecule has 5 nitrogen and oxygen atoms in total. The van der Waals surface area contributed by atoms with E-state index in [2.05, 4.69) is 0 Å². The first kappa shape index (κ1) is 18.3. The number of benzene rings is 1. The molecule has 2 rings (SSSR count). The van der Waals surface area contributed by atoms with Crippen LogP contribution < -0.4 is 9.47 Å². The van der Waals surface area contributed by atoms with Gasteiger partial charge in [-0.3, -0.25) is 4.79 Å². The highest BCUT2D eigenvalue weighted by molar-refractivity contribution is 7.09. The minimum atomic E-state index is -0.777. The van der Waals surface area contributed by atoms with E-state index in [0.29, 0.717) is 23.5 Å². The summed E-state index contributed by atoms with van der Waals surface area (Å²) < 4.78 is 10.4. The number of amides is 1. The van der Waals surface area contributed by atoms with E-state index in [1.165, 1.54) is 4.88 Å². The number of aryl methyl sites for hydroxylation is 1. The van der Waals surface area contributed by atoms with Crippen molar-refractivity contribution in [1.82, 2.24) is 4.90 Å². The Hall–Kier alpha value is -2.05. The molecule has 2 aromatic rings. The van der Waals surface area contributed by atoms with Gasteiger partial charge in [-0.05, 0) is 35.6 Å². The molecule has 0 aliphatic carbocycles. The average molecular weight is 349 g/mol. The standard InChI is InChI=1S/C18H23NO4S/c1-19(18(21)9-7-14-5-4-10-24-14)12-15(20)13-6-8-16(22-2)17(11-13)23-3/h4-6,8,10-11,15,20H,7,9,12H2,1-3H3. The number of thiophene rings is 1. The summed E-state index contributed by atoms with van der Waals surface area (Å²) >= 11 is 1.65. The van der Waals surface area contributed by atoms with Crippen LogP contribution in [0.25, 0.3) is 0 Å². The minimum absolute atomic E-state index is 0.0166. The second kappa shape index (κ2) is 8.70. The Morgan fingerprint density at radius 3 is 2.62 bits per heavy atom. The van der Waals surface area contributed by atoms with Crippen LogP contribution in [0.2, 0.25) is 0 Å². The van der Waals surface area contributed by atoms with E-state index in [1.807, 2.05) is 17.5 Å². The molecule has 0 aliphatic heterocycles. The maximum atomic E-state index is 12.2. The molecule has 1 aromatic heterocycles. The second-order valence-electron chi connectivity index (χ2n) is 5.48. The molecule has 130 valence electrons. The van der Waals surface area contributed by atoms with E-state index in [9.17, 15) is 9.90 Å². The number of ether oxygens (including phenoxy) is 2. The maximum absolute atomic E-state index is 12.2. The van der Waals surface area contributed by atoms with E-state index < -0.39 is 6.10 Å². The maximum Gasteiger partial charge on any atom is 0.222 e. The first-order valence-electron chi connectivity index (χ1n) is 7.71. The molecule has 1 N–H and O–H groups in total. The summed E-state index contributed by atoms with van der Waals surface area (Å²) in [5.74, 6) is 1.18. The molecule has 1 amide bonds. The number of likely N-dealkylation sites (N-methyl/N-ethyl adjacent to an activating group) is 1. The zero-order valence-corrected chi connectivity index (χ0v) is 15.0. The summed E-state index contributed by atoms with van der Waals surface area (Å²) in [6.07, 6.45) is 0.392. The molecule has 24 heavy (non-hydrogen) atoms. The number of methoxy groups -OCH3 is 2. The Balaban J connectivity index is 1.92. The Morgan fingerprint density at radius 2 is 2.00 bits per heavy atom. The summed E-state index contributed by atoms with van der Waals surface area (Å²) in [5.41, 5.74) is 0.686. The summed E-state index contributed by atoms with van der Waals surface area (Å²) in [6.45, 7) is 0.235. The molecular formula is C18H23NO4S. The normalized spacial score (nSPS) is 11.8. The van der Waals surface area contributed by atoms with Gasteiger partial charge in [0.05, 0.1) is 26.9 Å². The van der Waals surface area contributed by atoms with Crippen LogP contribution >= 0.6 is 11.3 Å². The van der Waals surface area contributed by atoms with Crippen molar-refractivity contribution in [3.8, 4) is 11.5 Å². The first-order valence-corrected chi connectivity index (χ1v) is 8.59. The van der Waals surface area contributed by atoms with Crippen molar-refractivity contribution in [3.63, 3.8) is 0 Å². The number of carbonyl (C=O) groups is 1. The monoisotopic (exact) mass is 349 g/mol. The van der Waals surface area contributed by atoms with Gasteiger partial charge < -0.3 is 19.5 Å². The Labute approximate surface area is 146 Å². The third-order valence-electron chi connectivity index (χ3n) is 3.83. The molecule has 1 heterocycles. The average Bonchev–Trinajstić information content (AvgIpc) is 3.12. The predicted octanol–water partition coefficient (Wildman–Crippen LogP) is 2.89. The minimum Gasteiger partial charge on any atom is -0.493 e. The molecule has 0 fully saturated rings. The predicted molar refractivity (Wildman–Crippen MR) is 94.8 cm³/mol. The zero-order valence-electron chi connectivity index (χ0n) is 14.2. The Morgan fingerprint density at radius 1 is 1.25 bits per heavy atom. The lowest BCUT2D eigenvalue weighted by atomic mass is 10.1. The van der Waals surface area contributed by atoms with Gasteiger partial charge in [-0.25, -0.2) is 0 Å². The highest BCUT2D eigenvalue weighted by atomic mass is 32.1. The third kappa shape index (κ3) is 4.72. The van der Waals surface area contributed by atoms with Crippen LogP contribution in [0.5, 0.6) is 11.5 Å². The lowest BCUT2D eigenvalue weighted by molar-refractivity contribution is -0.131. The number of aliphatic hydroxyl groups excluding tert-OH is 1. The Bertz CT molecular complexity index is 657. The number of nitrogens with zero attached hydrogens (tertiary/aromatic N) is 1. The van der Waals surface area contributed by atoms with Crippen LogP contribution in [0.4, 0.5) is 0 Å². The van der Waals surface area contributed by atoms with Crippen molar-refractivity contribution in [1.29, 1.82) is 0 Å². The van der Waals surface area contributed by atoms with Gasteiger partial charge in [-0.2, -0.15) is 0 Å². The number of hydrogen-bond acceptors (Lipinski definition) is 5. The van der Waals surface area contributed by atoms with Crippen LogP contribution in [0.15, 0.2) is 35.7 Å². The number of hydrogen-bond donors (Lipinski definition) is 1. The molecular weight excluding hydrogens is 326 g/mol. The van der Waals surface area contributed by atoms with Crippen molar-refractivity contribution < 1.29 is 19.4 Å². The van der Waals surface area contributed by atoms with E-state index >= 15 is 0 Å². The van der Waals surface area contributed by atoms with Crippen molar-refractivity contribution in [2.75, 3.05) is 27.8 Å². The number of rotatable bonds is 8. The van der Waals surface area contributed by atoms with Gasteiger partial charge in [0.15, 0.2) is 11.5 Å². The highest BCUT2D eigenvalue weighted by Crippen LogP contribution is 2.30. The summed E-state index contributed by atoms with van der Waals surface area (Å²) in [4.78, 5) is 15.0. The largest absolute Gasteiger partial charge is 0.493 e. The lowest BCUT2D eigenvalue weighted by Gasteiger charge is -2.21. The van der Waals surface area contributed by atoms with E-state index in [4.69, 9.17) is 9.47 Å². The van der Waals surface area contributed by atoms with Gasteiger partial charge in [0.25, 0.3) is 0 Å². The van der Waals surface area contributed by atoms with Gasteiger partial charge in [0.1, 0.15) is 0 Å². The molecule has 6 heteroatoms. The molecule has 1 unspecified atom stereocenters. The van der Waals surface area contributed by atoms with Crippen molar-refractivity contribution in [2.45, 2.75) is 18.9 Å². The fourth-order valence-corrected chi connectivity index (χ4v) is 3.11. The highest BCUT2D eigenvalue weighted by Gasteiger charge is 2.17. The molecule has 0 saturated carbocycles. The van der Waals surface area contributed by atoms with Crippen LogP contribution in [0.1, 0.15) is 23.0 Å². The Kier molecular flexibility index (Phi) is 6.63. The van der Waals surface area contributed by atoms with E-state index in [0.717, 1.165) is 6.42 Å². The summed E-state index contributed by atoms with van der Waals surface area (Å²) in [5, 5.41) is 12.4.